The summed E-state index contributed by atoms with van der Waals surface area (Å²) in [7, 11) is 1.37. The second-order valence-corrected chi connectivity index (χ2v) is 4.76. The summed E-state index contributed by atoms with van der Waals surface area (Å²) in [4.78, 5) is 15.7. The third-order valence-electron chi connectivity index (χ3n) is 3.11. The molecular weight excluding hydrogens is 230 g/mol. The zero-order chi connectivity index (χ0) is 13.6. The molecule has 0 amide bonds. The topological polar surface area (TPSA) is 70.1 Å². The summed E-state index contributed by atoms with van der Waals surface area (Å²) >= 11 is 0. The Hall–Kier alpha value is -1.36. The van der Waals surface area contributed by atoms with Crippen molar-refractivity contribution in [3.8, 4) is 0 Å². The molecule has 1 atom stereocenters. The minimum absolute atomic E-state index is 0.348. The minimum atomic E-state index is -0.878. The van der Waals surface area contributed by atoms with Gasteiger partial charge in [0.25, 0.3) is 0 Å². The van der Waals surface area contributed by atoms with Crippen molar-refractivity contribution in [3.63, 3.8) is 0 Å². The average Bonchev–Trinajstić information content (AvgIpc) is 2.80. The molecule has 1 rings (SSSR count). The first kappa shape index (κ1) is 14.7. The number of nitrogens with zero attached hydrogens (tertiary/aromatic N) is 2. The van der Waals surface area contributed by atoms with Crippen molar-refractivity contribution in [2.45, 2.75) is 51.6 Å². The van der Waals surface area contributed by atoms with Crippen LogP contribution in [-0.2, 0) is 22.5 Å². The number of imidazole rings is 1. The normalized spacial score (nSPS) is 14.2. The Balaban J connectivity index is 2.33. The summed E-state index contributed by atoms with van der Waals surface area (Å²) in [5.74, 6) is 0.748. The van der Waals surface area contributed by atoms with Gasteiger partial charge in [0.1, 0.15) is 11.4 Å². The first-order valence-electron chi connectivity index (χ1n) is 6.38. The number of esters is 1. The van der Waals surface area contributed by atoms with Crippen LogP contribution in [0.3, 0.4) is 0 Å². The van der Waals surface area contributed by atoms with Gasteiger partial charge in [0.05, 0.1) is 7.11 Å². The molecule has 0 fully saturated rings. The average molecular weight is 253 g/mol. The number of aryl methyl sites for hydroxylation is 2. The summed E-state index contributed by atoms with van der Waals surface area (Å²) in [5, 5.41) is 0. The van der Waals surface area contributed by atoms with E-state index in [4.69, 9.17) is 5.73 Å². The highest BCUT2D eigenvalue weighted by Gasteiger charge is 2.28. The number of unbranched alkanes of at least 4 members (excludes halogenated alkanes) is 1. The van der Waals surface area contributed by atoms with E-state index in [2.05, 4.69) is 21.2 Å². The van der Waals surface area contributed by atoms with Crippen molar-refractivity contribution in [2.75, 3.05) is 7.11 Å². The first-order valence-corrected chi connectivity index (χ1v) is 6.38. The van der Waals surface area contributed by atoms with E-state index >= 15 is 0 Å². The van der Waals surface area contributed by atoms with Crippen LogP contribution < -0.4 is 5.73 Å². The molecule has 1 unspecified atom stereocenters. The molecule has 102 valence electrons. The van der Waals surface area contributed by atoms with Crippen LogP contribution in [0.5, 0.6) is 0 Å². The number of nitrogens with two attached hydrogens (primary N) is 1. The quantitative estimate of drug-likeness (QED) is 0.590. The molecule has 0 aliphatic rings. The van der Waals surface area contributed by atoms with Crippen LogP contribution >= 0.6 is 0 Å². The molecule has 1 heterocycles. The molecule has 5 nitrogen and oxygen atoms in total. The van der Waals surface area contributed by atoms with E-state index in [-0.39, 0.29) is 5.97 Å². The zero-order valence-corrected chi connectivity index (χ0v) is 11.5. The molecule has 0 spiro atoms. The Kier molecular flexibility index (Phi) is 5.34. The summed E-state index contributed by atoms with van der Waals surface area (Å²) < 4.78 is 6.82. The van der Waals surface area contributed by atoms with Gasteiger partial charge in [-0.25, -0.2) is 4.98 Å². The van der Waals surface area contributed by atoms with E-state index in [1.807, 2.05) is 12.4 Å². The lowest BCUT2D eigenvalue weighted by Gasteiger charge is -2.21. The van der Waals surface area contributed by atoms with Gasteiger partial charge in [0.2, 0.25) is 0 Å². The van der Waals surface area contributed by atoms with Crippen molar-refractivity contribution in [1.82, 2.24) is 9.55 Å². The molecule has 2 N–H and O–H groups in total. The van der Waals surface area contributed by atoms with Crippen LogP contribution in [-0.4, -0.2) is 28.2 Å². The molecule has 0 saturated heterocycles. The summed E-state index contributed by atoms with van der Waals surface area (Å²) in [6.45, 7) is 4.72. The highest BCUT2D eigenvalue weighted by molar-refractivity contribution is 5.79. The van der Waals surface area contributed by atoms with E-state index in [0.717, 1.165) is 31.6 Å². The molecule has 0 radical (unpaired) electrons. The van der Waals surface area contributed by atoms with E-state index in [9.17, 15) is 4.79 Å². The zero-order valence-electron chi connectivity index (χ0n) is 11.5. The highest BCUT2D eigenvalue weighted by atomic mass is 16.5. The van der Waals surface area contributed by atoms with Crippen LogP contribution in [0.25, 0.3) is 0 Å². The van der Waals surface area contributed by atoms with Gasteiger partial charge in [-0.3, -0.25) is 4.79 Å². The standard InChI is InChI=1S/C13H23N3O2/c1-4-11-15-8-10-16(11)9-6-5-7-13(2,14)12(17)18-3/h8,10H,4-7,9,14H2,1-3H3. The van der Waals surface area contributed by atoms with E-state index in [0.29, 0.717) is 6.42 Å². The van der Waals surface area contributed by atoms with Gasteiger partial charge < -0.3 is 15.0 Å². The number of hydrogen-bond acceptors (Lipinski definition) is 4. The maximum absolute atomic E-state index is 11.4. The largest absolute Gasteiger partial charge is 0.468 e. The second-order valence-electron chi connectivity index (χ2n) is 4.76. The third-order valence-corrected chi connectivity index (χ3v) is 3.11. The first-order chi connectivity index (χ1) is 8.51. The molecule has 0 aromatic carbocycles. The summed E-state index contributed by atoms with van der Waals surface area (Å²) in [6, 6.07) is 0. The van der Waals surface area contributed by atoms with Crippen LogP contribution in [0.4, 0.5) is 0 Å². The Morgan fingerprint density at radius 2 is 2.28 bits per heavy atom. The van der Waals surface area contributed by atoms with Gasteiger partial charge in [0, 0.05) is 25.4 Å². The number of carbonyl (C=O) groups excluding carboxylic acids is 1. The van der Waals surface area contributed by atoms with Gasteiger partial charge in [0.15, 0.2) is 0 Å². The molecular formula is C13H23N3O2. The predicted molar refractivity (Wildman–Crippen MR) is 70.1 cm³/mol. The molecule has 5 heteroatoms. The lowest BCUT2D eigenvalue weighted by Crippen LogP contribution is -2.45. The minimum Gasteiger partial charge on any atom is -0.468 e. The van der Waals surface area contributed by atoms with Gasteiger partial charge in [-0.05, 0) is 26.2 Å². The van der Waals surface area contributed by atoms with Crippen molar-refractivity contribution in [3.05, 3.63) is 18.2 Å². The molecule has 0 saturated carbocycles. The highest BCUT2D eigenvalue weighted by Crippen LogP contribution is 2.13. The van der Waals surface area contributed by atoms with Gasteiger partial charge in [-0.15, -0.1) is 0 Å². The van der Waals surface area contributed by atoms with E-state index < -0.39 is 5.54 Å². The number of rotatable bonds is 7. The van der Waals surface area contributed by atoms with E-state index in [1.165, 1.54) is 7.11 Å². The fourth-order valence-electron chi connectivity index (χ4n) is 1.97. The fourth-order valence-corrected chi connectivity index (χ4v) is 1.97. The lowest BCUT2D eigenvalue weighted by atomic mass is 9.96. The van der Waals surface area contributed by atoms with Crippen LogP contribution in [0.2, 0.25) is 0 Å². The number of methoxy groups -OCH3 is 1. The van der Waals surface area contributed by atoms with Gasteiger partial charge in [-0.2, -0.15) is 0 Å². The Morgan fingerprint density at radius 3 is 2.89 bits per heavy atom. The number of ether oxygens (including phenoxy) is 1. The number of hydrogen-bond donors (Lipinski definition) is 1. The van der Waals surface area contributed by atoms with Crippen molar-refractivity contribution < 1.29 is 9.53 Å². The smallest absolute Gasteiger partial charge is 0.325 e. The number of aromatic nitrogens is 2. The summed E-state index contributed by atoms with van der Waals surface area (Å²) in [5.41, 5.74) is 5.01. The van der Waals surface area contributed by atoms with Gasteiger partial charge in [-0.1, -0.05) is 6.92 Å². The molecule has 1 aromatic heterocycles. The third kappa shape index (κ3) is 3.84. The van der Waals surface area contributed by atoms with E-state index in [1.54, 1.807) is 6.92 Å². The van der Waals surface area contributed by atoms with Crippen molar-refractivity contribution in [2.24, 2.45) is 5.73 Å². The second kappa shape index (κ2) is 6.54. The summed E-state index contributed by atoms with van der Waals surface area (Å²) in [6.07, 6.45) is 7.25. The van der Waals surface area contributed by atoms with Gasteiger partial charge >= 0.3 is 5.97 Å². The molecule has 0 aliphatic carbocycles. The van der Waals surface area contributed by atoms with Crippen molar-refractivity contribution >= 4 is 5.97 Å². The van der Waals surface area contributed by atoms with Crippen molar-refractivity contribution in [1.29, 1.82) is 0 Å². The molecule has 0 bridgehead atoms. The monoisotopic (exact) mass is 253 g/mol. The maximum Gasteiger partial charge on any atom is 0.325 e. The molecule has 1 aromatic rings. The number of carbonyl (C=O) groups is 1. The molecule has 0 aliphatic heterocycles. The Labute approximate surface area is 108 Å². The fraction of sp³-hybridized carbons (Fsp3) is 0.692. The van der Waals surface area contributed by atoms with Crippen LogP contribution in [0.1, 0.15) is 38.9 Å². The maximum atomic E-state index is 11.4. The van der Waals surface area contributed by atoms with Crippen LogP contribution in [0, 0.1) is 0 Å². The predicted octanol–water partition coefficient (Wildman–Crippen LogP) is 1.51. The lowest BCUT2D eigenvalue weighted by molar-refractivity contribution is -0.146. The Bertz CT molecular complexity index is 385. The van der Waals surface area contributed by atoms with Crippen LogP contribution in [0.15, 0.2) is 12.4 Å². The molecule has 18 heavy (non-hydrogen) atoms. The SMILES string of the molecule is CCc1nccn1CCCCC(C)(N)C(=O)OC. The Morgan fingerprint density at radius 1 is 1.56 bits per heavy atom.